The molecule has 0 radical (unpaired) electrons. The van der Waals surface area contributed by atoms with Gasteiger partial charge in [-0.3, -0.25) is 24.6 Å². The van der Waals surface area contributed by atoms with E-state index in [4.69, 9.17) is 4.74 Å². The van der Waals surface area contributed by atoms with Crippen molar-refractivity contribution in [2.45, 2.75) is 0 Å². The van der Waals surface area contributed by atoms with Crippen molar-refractivity contribution >= 4 is 23.2 Å². The lowest BCUT2D eigenvalue weighted by molar-refractivity contribution is -0.384. The number of imide groups is 1. The van der Waals surface area contributed by atoms with E-state index in [9.17, 15) is 19.7 Å². The van der Waals surface area contributed by atoms with Crippen molar-refractivity contribution in [1.29, 1.82) is 0 Å². The summed E-state index contributed by atoms with van der Waals surface area (Å²) in [4.78, 5) is 36.2. The summed E-state index contributed by atoms with van der Waals surface area (Å²) >= 11 is 0. The van der Waals surface area contributed by atoms with Crippen LogP contribution in [-0.2, 0) is 0 Å². The Kier molecular flexibility index (Phi) is 4.66. The number of non-ortho nitro benzene ring substituents is 1. The van der Waals surface area contributed by atoms with Crippen LogP contribution in [0.5, 0.6) is 11.5 Å². The number of nitro groups is 1. The normalized spacial score (nSPS) is 12.6. The number of nitrogens with one attached hydrogen (secondary N) is 1. The molecule has 0 spiro atoms. The minimum Gasteiger partial charge on any atom is -0.457 e. The van der Waals surface area contributed by atoms with E-state index in [1.54, 1.807) is 24.3 Å². The summed E-state index contributed by atoms with van der Waals surface area (Å²) in [6.45, 7) is -0.0565. The molecule has 0 fully saturated rings. The van der Waals surface area contributed by atoms with E-state index in [1.165, 1.54) is 12.1 Å². The highest BCUT2D eigenvalue weighted by molar-refractivity contribution is 6.21. The number of nitrogens with zero attached hydrogens (tertiary/aromatic N) is 2. The second kappa shape index (κ2) is 7.43. The highest BCUT2D eigenvalue weighted by Crippen LogP contribution is 2.27. The maximum Gasteiger partial charge on any atom is 0.270 e. The third-order valence-corrected chi connectivity index (χ3v) is 4.44. The molecule has 0 saturated carbocycles. The van der Waals surface area contributed by atoms with E-state index in [-0.39, 0.29) is 23.5 Å². The van der Waals surface area contributed by atoms with Gasteiger partial charge in [-0.1, -0.05) is 18.2 Å². The minimum absolute atomic E-state index is 0.0395. The van der Waals surface area contributed by atoms with Crippen LogP contribution < -0.4 is 10.1 Å². The Bertz CT molecular complexity index is 1100. The number of hydrogen-bond donors (Lipinski definition) is 1. The Balaban J connectivity index is 1.42. The molecule has 3 aromatic rings. The summed E-state index contributed by atoms with van der Waals surface area (Å²) in [5, 5.41) is 13.9. The van der Waals surface area contributed by atoms with Crippen molar-refractivity contribution < 1.29 is 19.2 Å². The van der Waals surface area contributed by atoms with Gasteiger partial charge >= 0.3 is 0 Å². The summed E-state index contributed by atoms with van der Waals surface area (Å²) in [7, 11) is 0. The van der Waals surface area contributed by atoms with Gasteiger partial charge in [0.1, 0.15) is 11.5 Å². The number of amides is 2. The van der Waals surface area contributed by atoms with Crippen LogP contribution in [0.4, 0.5) is 11.4 Å². The topological polar surface area (TPSA) is 102 Å². The molecule has 0 unspecified atom stereocenters. The first-order valence-electron chi connectivity index (χ1n) is 8.74. The van der Waals surface area contributed by atoms with Crippen LogP contribution in [0.2, 0.25) is 0 Å². The van der Waals surface area contributed by atoms with Crippen LogP contribution in [0.3, 0.4) is 0 Å². The molecule has 1 heterocycles. The van der Waals surface area contributed by atoms with Crippen molar-refractivity contribution in [1.82, 2.24) is 4.90 Å². The molecule has 3 aromatic carbocycles. The summed E-state index contributed by atoms with van der Waals surface area (Å²) in [5.74, 6) is 0.310. The van der Waals surface area contributed by atoms with E-state index in [1.807, 2.05) is 30.3 Å². The first kappa shape index (κ1) is 18.2. The van der Waals surface area contributed by atoms with Crippen LogP contribution in [0.25, 0.3) is 0 Å². The zero-order valence-electron chi connectivity index (χ0n) is 15.1. The lowest BCUT2D eigenvalue weighted by Crippen LogP contribution is -2.34. The Hall–Kier alpha value is -4.20. The van der Waals surface area contributed by atoms with E-state index in [2.05, 4.69) is 5.32 Å². The van der Waals surface area contributed by atoms with Crippen LogP contribution in [0.1, 0.15) is 20.7 Å². The quantitative estimate of drug-likeness (QED) is 0.388. The molecule has 0 aliphatic carbocycles. The second-order valence-corrected chi connectivity index (χ2v) is 6.30. The van der Waals surface area contributed by atoms with Gasteiger partial charge in [0, 0.05) is 17.8 Å². The molecule has 2 amide bonds. The van der Waals surface area contributed by atoms with Crippen LogP contribution in [0.15, 0.2) is 72.8 Å². The molecule has 1 aliphatic heterocycles. The highest BCUT2D eigenvalue weighted by atomic mass is 16.6. The number of carbonyl (C=O) groups excluding carboxylic acids is 2. The standard InChI is InChI=1S/C21H15N3O5/c25-20-18-11-8-15(24(27)28)12-19(18)21(26)23(20)13-22-14-6-9-17(10-7-14)29-16-4-2-1-3-5-16/h1-12,22H,13H2. The van der Waals surface area contributed by atoms with Crippen molar-refractivity contribution in [3.8, 4) is 11.5 Å². The van der Waals surface area contributed by atoms with Gasteiger partial charge in [0.25, 0.3) is 17.5 Å². The fraction of sp³-hybridized carbons (Fsp3) is 0.0476. The zero-order chi connectivity index (χ0) is 20.4. The molecule has 8 heteroatoms. The lowest BCUT2D eigenvalue weighted by atomic mass is 10.1. The number of anilines is 1. The Morgan fingerprint density at radius 1 is 0.862 bits per heavy atom. The summed E-state index contributed by atoms with van der Waals surface area (Å²) in [6.07, 6.45) is 0. The first-order chi connectivity index (χ1) is 14.0. The summed E-state index contributed by atoms with van der Waals surface area (Å²) < 4.78 is 5.72. The van der Waals surface area contributed by atoms with Crippen molar-refractivity contribution in [3.63, 3.8) is 0 Å². The monoisotopic (exact) mass is 389 g/mol. The third-order valence-electron chi connectivity index (χ3n) is 4.44. The number of benzene rings is 3. The second-order valence-electron chi connectivity index (χ2n) is 6.30. The average molecular weight is 389 g/mol. The number of hydrogen-bond acceptors (Lipinski definition) is 6. The van der Waals surface area contributed by atoms with Crippen LogP contribution in [-0.4, -0.2) is 28.3 Å². The van der Waals surface area contributed by atoms with E-state index in [0.29, 0.717) is 17.2 Å². The largest absolute Gasteiger partial charge is 0.457 e. The van der Waals surface area contributed by atoms with Crippen molar-refractivity contribution in [3.05, 3.63) is 94.0 Å². The number of rotatable bonds is 6. The molecule has 0 saturated heterocycles. The predicted octanol–water partition coefficient (Wildman–Crippen LogP) is 4.05. The van der Waals surface area contributed by atoms with E-state index in [0.717, 1.165) is 11.0 Å². The molecule has 4 rings (SSSR count). The maximum absolute atomic E-state index is 12.5. The average Bonchev–Trinajstić information content (AvgIpc) is 2.98. The Morgan fingerprint density at radius 3 is 2.21 bits per heavy atom. The van der Waals surface area contributed by atoms with Gasteiger partial charge in [-0.05, 0) is 42.5 Å². The van der Waals surface area contributed by atoms with Crippen LogP contribution >= 0.6 is 0 Å². The zero-order valence-corrected chi connectivity index (χ0v) is 15.1. The molecule has 8 nitrogen and oxygen atoms in total. The van der Waals surface area contributed by atoms with Crippen LogP contribution in [0, 0.1) is 10.1 Å². The van der Waals surface area contributed by atoms with Gasteiger partial charge in [0.15, 0.2) is 0 Å². The highest BCUT2D eigenvalue weighted by Gasteiger charge is 2.36. The summed E-state index contributed by atoms with van der Waals surface area (Å²) in [6, 6.07) is 20.1. The Labute approximate surface area is 165 Å². The van der Waals surface area contributed by atoms with Gasteiger partial charge < -0.3 is 10.1 Å². The fourth-order valence-electron chi connectivity index (χ4n) is 2.97. The minimum atomic E-state index is -0.599. The smallest absolute Gasteiger partial charge is 0.270 e. The fourth-order valence-corrected chi connectivity index (χ4v) is 2.97. The van der Waals surface area contributed by atoms with Crippen molar-refractivity contribution in [2.75, 3.05) is 12.0 Å². The van der Waals surface area contributed by atoms with Gasteiger partial charge in [-0.2, -0.15) is 0 Å². The van der Waals surface area contributed by atoms with Gasteiger partial charge in [-0.15, -0.1) is 0 Å². The predicted molar refractivity (Wildman–Crippen MR) is 105 cm³/mol. The third kappa shape index (κ3) is 3.63. The van der Waals surface area contributed by atoms with Gasteiger partial charge in [0.2, 0.25) is 0 Å². The molecule has 1 aliphatic rings. The van der Waals surface area contributed by atoms with Gasteiger partial charge in [-0.25, -0.2) is 0 Å². The Morgan fingerprint density at radius 2 is 1.52 bits per heavy atom. The number of nitro benzene ring substituents is 1. The number of ether oxygens (including phenoxy) is 1. The first-order valence-corrected chi connectivity index (χ1v) is 8.74. The molecule has 144 valence electrons. The molecule has 1 N–H and O–H groups in total. The molecule has 29 heavy (non-hydrogen) atoms. The number of carbonyl (C=O) groups is 2. The maximum atomic E-state index is 12.5. The molecular weight excluding hydrogens is 374 g/mol. The molecule has 0 aromatic heterocycles. The van der Waals surface area contributed by atoms with Crippen molar-refractivity contribution in [2.24, 2.45) is 0 Å². The number of fused-ring (bicyclic) bond motifs is 1. The van der Waals surface area contributed by atoms with E-state index < -0.39 is 16.7 Å². The lowest BCUT2D eigenvalue weighted by Gasteiger charge is -2.16. The SMILES string of the molecule is O=C1c2ccc([N+](=O)[O-])cc2C(=O)N1CNc1ccc(Oc2ccccc2)cc1. The molecular formula is C21H15N3O5. The number of para-hydroxylation sites is 1. The molecule has 0 atom stereocenters. The summed E-state index contributed by atoms with van der Waals surface area (Å²) in [5.41, 5.74) is 0.660. The van der Waals surface area contributed by atoms with Gasteiger partial charge in [0.05, 0.1) is 22.7 Å². The molecule has 0 bridgehead atoms. The van der Waals surface area contributed by atoms with E-state index >= 15 is 0 Å².